The average molecular weight is 267 g/mol. The van der Waals surface area contributed by atoms with Crippen LogP contribution in [0.25, 0.3) is 0 Å². The van der Waals surface area contributed by atoms with Gasteiger partial charge in [0.15, 0.2) is 0 Å². The normalized spacial score (nSPS) is 11.6. The second-order valence-corrected chi connectivity index (χ2v) is 5.77. The van der Waals surface area contributed by atoms with Crippen LogP contribution >= 0.6 is 12.6 Å². The minimum atomic E-state index is 0.133. The molecule has 0 heterocycles. The summed E-state index contributed by atoms with van der Waals surface area (Å²) >= 11 is 4.22. The molecule has 1 rings (SSSR count). The maximum Gasteiger partial charge on any atom is 0.121 e. The monoisotopic (exact) mass is 267 g/mol. The highest BCUT2D eigenvalue weighted by atomic mass is 32.1. The Kier molecular flexibility index (Phi) is 6.03. The van der Waals surface area contributed by atoms with Crippen LogP contribution in [-0.4, -0.2) is 26.0 Å². The molecule has 1 N–H and O–H groups in total. The predicted molar refractivity (Wildman–Crippen MR) is 82.1 cm³/mol. The van der Waals surface area contributed by atoms with Crippen LogP contribution in [0.3, 0.4) is 0 Å². The van der Waals surface area contributed by atoms with Gasteiger partial charge in [-0.15, -0.1) is 0 Å². The van der Waals surface area contributed by atoms with E-state index in [1.807, 2.05) is 0 Å². The molecule has 2 nitrogen and oxygen atoms in total. The van der Waals surface area contributed by atoms with Gasteiger partial charge in [-0.3, -0.25) is 0 Å². The number of benzene rings is 1. The van der Waals surface area contributed by atoms with Gasteiger partial charge in [-0.2, -0.15) is 12.6 Å². The lowest BCUT2D eigenvalue weighted by molar-refractivity contribution is 0.410. The molecule has 1 aromatic rings. The van der Waals surface area contributed by atoms with Crippen molar-refractivity contribution in [3.8, 4) is 5.75 Å². The summed E-state index contributed by atoms with van der Waals surface area (Å²) in [6.45, 7) is 8.63. The zero-order valence-electron chi connectivity index (χ0n) is 11.9. The predicted octanol–water partition coefficient (Wildman–Crippen LogP) is 3.19. The van der Waals surface area contributed by atoms with Gasteiger partial charge in [-0.1, -0.05) is 26.0 Å². The maximum atomic E-state index is 5.30. The first-order valence-electron chi connectivity index (χ1n) is 6.48. The number of nitrogens with one attached hydrogen (secondary N) is 1. The van der Waals surface area contributed by atoms with E-state index in [1.54, 1.807) is 7.11 Å². The minimum Gasteiger partial charge on any atom is -0.496 e. The Bertz CT molecular complexity index is 377. The van der Waals surface area contributed by atoms with Gasteiger partial charge in [-0.25, -0.2) is 0 Å². The highest BCUT2D eigenvalue weighted by Crippen LogP contribution is 2.27. The fourth-order valence-corrected chi connectivity index (χ4v) is 2.16. The molecule has 18 heavy (non-hydrogen) atoms. The Hall–Kier alpha value is -0.670. The van der Waals surface area contributed by atoms with Crippen LogP contribution in [0.5, 0.6) is 5.75 Å². The zero-order valence-corrected chi connectivity index (χ0v) is 12.8. The van der Waals surface area contributed by atoms with Crippen molar-refractivity contribution in [2.45, 2.75) is 32.6 Å². The van der Waals surface area contributed by atoms with E-state index in [0.717, 1.165) is 31.0 Å². The van der Waals surface area contributed by atoms with Crippen molar-refractivity contribution in [3.05, 3.63) is 29.3 Å². The van der Waals surface area contributed by atoms with E-state index in [4.69, 9.17) is 4.74 Å². The highest BCUT2D eigenvalue weighted by Gasteiger charge is 2.20. The third kappa shape index (κ3) is 4.21. The lowest BCUT2D eigenvalue weighted by Gasteiger charge is -2.26. The van der Waals surface area contributed by atoms with Gasteiger partial charge in [0, 0.05) is 12.0 Å². The number of rotatable bonds is 7. The van der Waals surface area contributed by atoms with Gasteiger partial charge in [0.2, 0.25) is 0 Å². The molecule has 0 aromatic heterocycles. The van der Waals surface area contributed by atoms with Crippen molar-refractivity contribution in [1.29, 1.82) is 0 Å². The van der Waals surface area contributed by atoms with E-state index in [2.05, 4.69) is 56.9 Å². The third-order valence-electron chi connectivity index (χ3n) is 3.25. The molecule has 0 radical (unpaired) electrons. The Morgan fingerprint density at radius 2 is 2.06 bits per heavy atom. The zero-order chi connectivity index (χ0) is 13.6. The Morgan fingerprint density at radius 3 is 2.61 bits per heavy atom. The molecule has 0 aliphatic heterocycles. The number of ether oxygens (including phenoxy) is 1. The van der Waals surface area contributed by atoms with Crippen LogP contribution in [0.2, 0.25) is 0 Å². The average Bonchev–Trinajstić information content (AvgIpc) is 2.34. The van der Waals surface area contributed by atoms with Crippen LogP contribution in [0.1, 0.15) is 31.4 Å². The van der Waals surface area contributed by atoms with Crippen molar-refractivity contribution >= 4 is 12.6 Å². The van der Waals surface area contributed by atoms with E-state index in [1.165, 1.54) is 11.1 Å². The topological polar surface area (TPSA) is 21.3 Å². The third-order valence-corrected chi connectivity index (χ3v) is 3.57. The van der Waals surface area contributed by atoms with E-state index in [0.29, 0.717) is 0 Å². The molecule has 0 saturated heterocycles. The smallest absolute Gasteiger partial charge is 0.121 e. The molecular weight excluding hydrogens is 242 g/mol. The molecule has 0 bridgehead atoms. The summed E-state index contributed by atoms with van der Waals surface area (Å²) in [6.07, 6.45) is 1.11. The van der Waals surface area contributed by atoms with Gasteiger partial charge < -0.3 is 10.1 Å². The molecular formula is C15H25NOS. The van der Waals surface area contributed by atoms with E-state index >= 15 is 0 Å². The summed E-state index contributed by atoms with van der Waals surface area (Å²) < 4.78 is 5.30. The van der Waals surface area contributed by atoms with E-state index in [9.17, 15) is 0 Å². The Morgan fingerprint density at radius 1 is 1.33 bits per heavy atom. The van der Waals surface area contributed by atoms with Crippen LogP contribution in [0.4, 0.5) is 0 Å². The molecule has 0 atom stereocenters. The van der Waals surface area contributed by atoms with Crippen molar-refractivity contribution in [2.75, 3.05) is 26.0 Å². The van der Waals surface area contributed by atoms with Crippen LogP contribution < -0.4 is 10.1 Å². The van der Waals surface area contributed by atoms with Gasteiger partial charge in [0.05, 0.1) is 7.11 Å². The summed E-state index contributed by atoms with van der Waals surface area (Å²) in [5.41, 5.74) is 2.67. The molecule has 0 amide bonds. The first-order chi connectivity index (χ1) is 8.51. The number of hydrogen-bond donors (Lipinski definition) is 2. The number of methoxy groups -OCH3 is 1. The molecule has 0 aliphatic rings. The van der Waals surface area contributed by atoms with Crippen molar-refractivity contribution in [2.24, 2.45) is 0 Å². The maximum absolute atomic E-state index is 5.30. The largest absolute Gasteiger partial charge is 0.496 e. The summed E-state index contributed by atoms with van der Waals surface area (Å²) in [4.78, 5) is 0. The molecule has 0 saturated carbocycles. The van der Waals surface area contributed by atoms with E-state index < -0.39 is 0 Å². The molecule has 102 valence electrons. The molecule has 3 heteroatoms. The van der Waals surface area contributed by atoms with E-state index in [-0.39, 0.29) is 5.41 Å². The fraction of sp³-hybridized carbons (Fsp3) is 0.600. The van der Waals surface area contributed by atoms with Crippen molar-refractivity contribution in [1.82, 2.24) is 5.32 Å². The SMILES string of the molecule is COc1ccc(C(C)(C)CNCCCS)cc1C. The lowest BCUT2D eigenvalue weighted by atomic mass is 9.83. The van der Waals surface area contributed by atoms with Crippen LogP contribution in [0, 0.1) is 6.92 Å². The van der Waals surface area contributed by atoms with Crippen molar-refractivity contribution in [3.63, 3.8) is 0 Å². The number of hydrogen-bond acceptors (Lipinski definition) is 3. The van der Waals surface area contributed by atoms with Crippen LogP contribution in [-0.2, 0) is 5.41 Å². The standard InChI is InChI=1S/C15H25NOS/c1-12-10-13(6-7-14(12)17-4)15(2,3)11-16-8-5-9-18/h6-7,10,16,18H,5,8-9,11H2,1-4H3. The molecule has 0 aliphatic carbocycles. The van der Waals surface area contributed by atoms with Crippen molar-refractivity contribution < 1.29 is 4.74 Å². The quantitative estimate of drug-likeness (QED) is 0.585. The first kappa shape index (κ1) is 15.4. The summed E-state index contributed by atoms with van der Waals surface area (Å²) in [6, 6.07) is 6.44. The lowest BCUT2D eigenvalue weighted by Crippen LogP contribution is -2.33. The van der Waals surface area contributed by atoms with Gasteiger partial charge in [-0.05, 0) is 42.8 Å². The molecule has 1 aromatic carbocycles. The Balaban J connectivity index is 2.69. The fourth-order valence-electron chi connectivity index (χ4n) is 2.01. The number of thiol groups is 1. The van der Waals surface area contributed by atoms with Gasteiger partial charge in [0.25, 0.3) is 0 Å². The molecule has 0 unspecified atom stereocenters. The molecule has 0 fully saturated rings. The summed E-state index contributed by atoms with van der Waals surface area (Å²) in [7, 11) is 1.71. The second-order valence-electron chi connectivity index (χ2n) is 5.32. The summed E-state index contributed by atoms with van der Waals surface area (Å²) in [5.74, 6) is 1.90. The molecule has 0 spiro atoms. The van der Waals surface area contributed by atoms with Crippen LogP contribution in [0.15, 0.2) is 18.2 Å². The Labute approximate surface area is 117 Å². The first-order valence-corrected chi connectivity index (χ1v) is 7.11. The minimum absolute atomic E-state index is 0.133. The summed E-state index contributed by atoms with van der Waals surface area (Å²) in [5, 5.41) is 3.49. The van der Waals surface area contributed by atoms with Gasteiger partial charge in [0.1, 0.15) is 5.75 Å². The second kappa shape index (κ2) is 7.05. The highest BCUT2D eigenvalue weighted by molar-refractivity contribution is 7.80. The van der Waals surface area contributed by atoms with Gasteiger partial charge >= 0.3 is 0 Å². The number of aryl methyl sites for hydroxylation is 1.